The van der Waals surface area contributed by atoms with E-state index in [9.17, 15) is 25.2 Å². The first-order valence-electron chi connectivity index (χ1n) is 8.38. The zero-order chi connectivity index (χ0) is 19.1. The first kappa shape index (κ1) is 17.8. The predicted molar refractivity (Wildman–Crippen MR) is 94.3 cm³/mol. The van der Waals surface area contributed by atoms with E-state index in [2.05, 4.69) is 10.3 Å². The molecule has 0 bridgehead atoms. The van der Waals surface area contributed by atoms with Crippen LogP contribution in [0.1, 0.15) is 0 Å². The number of para-hydroxylation sites is 2. The maximum atomic E-state index is 12.4. The van der Waals surface area contributed by atoms with Gasteiger partial charge in [-0.2, -0.15) is 0 Å². The Morgan fingerprint density at radius 2 is 1.85 bits per heavy atom. The van der Waals surface area contributed by atoms with E-state index in [1.54, 1.807) is 18.2 Å². The van der Waals surface area contributed by atoms with Crippen molar-refractivity contribution in [1.82, 2.24) is 4.98 Å². The molecule has 142 valence electrons. The smallest absolute Gasteiger partial charge is 0.205 e. The molecular weight excluding hydrogens is 356 g/mol. The highest BCUT2D eigenvalue weighted by Gasteiger charge is 2.43. The molecule has 1 aliphatic carbocycles. The summed E-state index contributed by atoms with van der Waals surface area (Å²) in [5.41, 5.74) is 1.21. The van der Waals surface area contributed by atoms with Crippen LogP contribution in [0.25, 0.3) is 22.6 Å². The van der Waals surface area contributed by atoms with E-state index < -0.39 is 42.7 Å². The molecule has 1 fully saturated rings. The molecule has 0 amide bonds. The highest BCUT2D eigenvalue weighted by Crippen LogP contribution is 2.27. The predicted octanol–water partition coefficient (Wildman–Crippen LogP) is -0.495. The Bertz CT molecular complexity index is 989. The van der Waals surface area contributed by atoms with Gasteiger partial charge in [0.25, 0.3) is 0 Å². The van der Waals surface area contributed by atoms with Crippen molar-refractivity contribution in [3.8, 4) is 11.5 Å². The van der Waals surface area contributed by atoms with E-state index >= 15 is 0 Å². The molecule has 2 aliphatic heterocycles. The van der Waals surface area contributed by atoms with Crippen LogP contribution in [0.2, 0.25) is 0 Å². The maximum Gasteiger partial charge on any atom is 0.205 e. The van der Waals surface area contributed by atoms with E-state index in [-0.39, 0.29) is 5.69 Å². The Hall–Kier alpha value is -2.56. The molecule has 27 heavy (non-hydrogen) atoms. The minimum absolute atomic E-state index is 0.0739. The van der Waals surface area contributed by atoms with Gasteiger partial charge in [-0.25, -0.2) is 4.98 Å². The van der Waals surface area contributed by atoms with Gasteiger partial charge in [0, 0.05) is 6.07 Å². The minimum Gasteiger partial charge on any atom is -0.453 e. The SMILES string of the molecule is O=c1cc2oc3ccccc3nc-2cc1NC1OC(CO)C(O)C(O)C1O. The highest BCUT2D eigenvalue weighted by molar-refractivity contribution is 5.77. The summed E-state index contributed by atoms with van der Waals surface area (Å²) in [6.07, 6.45) is -6.80. The number of rotatable bonds is 3. The molecule has 2 heterocycles. The maximum absolute atomic E-state index is 12.4. The Labute approximate surface area is 152 Å². The first-order valence-corrected chi connectivity index (χ1v) is 8.38. The summed E-state index contributed by atoms with van der Waals surface area (Å²) < 4.78 is 11.0. The fraction of sp³-hybridized carbons (Fsp3) is 0.333. The molecule has 5 unspecified atom stereocenters. The van der Waals surface area contributed by atoms with Crippen LogP contribution in [0.15, 0.2) is 45.6 Å². The van der Waals surface area contributed by atoms with Gasteiger partial charge in [0.1, 0.15) is 35.6 Å². The second-order valence-electron chi connectivity index (χ2n) is 6.39. The van der Waals surface area contributed by atoms with Crippen molar-refractivity contribution >= 4 is 16.8 Å². The third kappa shape index (κ3) is 3.15. The van der Waals surface area contributed by atoms with E-state index in [4.69, 9.17) is 9.15 Å². The summed E-state index contributed by atoms with van der Waals surface area (Å²) in [4.78, 5) is 16.8. The number of benzene rings is 2. The second kappa shape index (κ2) is 6.87. The standard InChI is InChI=1S/C18H18N2O7/c21-7-14-15(23)16(24)17(25)18(27-14)20-9-5-10-13(6-11(9)22)26-12-4-2-1-3-8(12)19-10/h1-6,14-18,20-21,23-25H,7H2. The van der Waals surface area contributed by atoms with Crippen LogP contribution in [0.5, 0.6) is 0 Å². The molecule has 0 saturated carbocycles. The van der Waals surface area contributed by atoms with E-state index in [0.717, 1.165) is 0 Å². The Balaban J connectivity index is 1.69. The molecule has 1 aromatic carbocycles. The number of fused-ring (bicyclic) bond motifs is 2. The molecule has 0 spiro atoms. The first-order chi connectivity index (χ1) is 13.0. The van der Waals surface area contributed by atoms with Crippen molar-refractivity contribution in [2.24, 2.45) is 0 Å². The van der Waals surface area contributed by atoms with Crippen LogP contribution in [0.3, 0.4) is 0 Å². The molecule has 9 heteroatoms. The van der Waals surface area contributed by atoms with Crippen LogP contribution in [-0.4, -0.2) is 62.7 Å². The molecule has 0 radical (unpaired) electrons. The van der Waals surface area contributed by atoms with Crippen LogP contribution in [0.4, 0.5) is 5.69 Å². The molecular formula is C18H18N2O7. The third-order valence-electron chi connectivity index (χ3n) is 4.58. The minimum atomic E-state index is -1.54. The van der Waals surface area contributed by atoms with Crippen molar-refractivity contribution in [3.05, 3.63) is 46.6 Å². The van der Waals surface area contributed by atoms with Crippen molar-refractivity contribution < 1.29 is 29.6 Å². The van der Waals surface area contributed by atoms with Crippen molar-refractivity contribution in [1.29, 1.82) is 0 Å². The van der Waals surface area contributed by atoms with Crippen LogP contribution in [-0.2, 0) is 4.74 Å². The molecule has 1 aromatic rings. The Morgan fingerprint density at radius 3 is 2.63 bits per heavy atom. The number of nitrogens with one attached hydrogen (secondary N) is 1. The zero-order valence-corrected chi connectivity index (χ0v) is 14.0. The number of hydrogen-bond donors (Lipinski definition) is 5. The Kier molecular flexibility index (Phi) is 4.54. The molecule has 4 rings (SSSR count). The van der Waals surface area contributed by atoms with Gasteiger partial charge in [0.15, 0.2) is 17.6 Å². The fourth-order valence-corrected chi connectivity index (χ4v) is 3.09. The largest absolute Gasteiger partial charge is 0.453 e. The summed E-state index contributed by atoms with van der Waals surface area (Å²) >= 11 is 0. The number of nitrogens with zero attached hydrogens (tertiary/aromatic N) is 1. The monoisotopic (exact) mass is 374 g/mol. The number of aromatic nitrogens is 1. The summed E-state index contributed by atoms with van der Waals surface area (Å²) in [5.74, 6) is 0.304. The molecule has 9 nitrogen and oxygen atoms in total. The van der Waals surface area contributed by atoms with Crippen LogP contribution >= 0.6 is 0 Å². The number of anilines is 1. The molecule has 0 aromatic heterocycles. The van der Waals surface area contributed by atoms with Crippen molar-refractivity contribution in [2.45, 2.75) is 30.6 Å². The summed E-state index contributed by atoms with van der Waals surface area (Å²) in [6, 6.07) is 9.84. The lowest BCUT2D eigenvalue weighted by Gasteiger charge is -2.40. The molecule has 5 N–H and O–H groups in total. The van der Waals surface area contributed by atoms with Gasteiger partial charge >= 0.3 is 0 Å². The summed E-state index contributed by atoms with van der Waals surface area (Å²) in [7, 11) is 0. The number of hydrogen-bond acceptors (Lipinski definition) is 9. The van der Waals surface area contributed by atoms with Gasteiger partial charge in [-0.3, -0.25) is 4.79 Å². The second-order valence-corrected chi connectivity index (χ2v) is 6.39. The number of aliphatic hydroxyl groups is 4. The molecule has 5 atom stereocenters. The molecule has 1 saturated heterocycles. The van der Waals surface area contributed by atoms with Crippen molar-refractivity contribution in [2.75, 3.05) is 11.9 Å². The van der Waals surface area contributed by atoms with Gasteiger partial charge < -0.3 is 34.9 Å². The quantitative estimate of drug-likeness (QED) is 0.383. The van der Waals surface area contributed by atoms with Crippen LogP contribution in [0, 0.1) is 0 Å². The fourth-order valence-electron chi connectivity index (χ4n) is 3.09. The van der Waals surface area contributed by atoms with Gasteiger partial charge in [-0.05, 0) is 18.2 Å². The third-order valence-corrected chi connectivity index (χ3v) is 4.58. The summed E-state index contributed by atoms with van der Waals surface area (Å²) in [6.45, 7) is -0.558. The van der Waals surface area contributed by atoms with Gasteiger partial charge in [-0.1, -0.05) is 12.1 Å². The van der Waals surface area contributed by atoms with Crippen molar-refractivity contribution in [3.63, 3.8) is 0 Å². The van der Waals surface area contributed by atoms with E-state index in [1.165, 1.54) is 12.1 Å². The zero-order valence-electron chi connectivity index (χ0n) is 14.0. The lowest BCUT2D eigenvalue weighted by Crippen LogP contribution is -2.60. The topological polar surface area (TPSA) is 145 Å². The lowest BCUT2D eigenvalue weighted by molar-refractivity contribution is -0.221. The number of ether oxygens (including phenoxy) is 1. The molecule has 3 aliphatic rings. The van der Waals surface area contributed by atoms with E-state index in [1.807, 2.05) is 6.07 Å². The Morgan fingerprint density at radius 1 is 1.07 bits per heavy atom. The summed E-state index contributed by atoms with van der Waals surface area (Å²) in [5, 5.41) is 41.8. The lowest BCUT2D eigenvalue weighted by atomic mass is 9.98. The average molecular weight is 374 g/mol. The van der Waals surface area contributed by atoms with Crippen LogP contribution < -0.4 is 10.7 Å². The van der Waals surface area contributed by atoms with Gasteiger partial charge in [0.05, 0.1) is 12.3 Å². The van der Waals surface area contributed by atoms with E-state index in [0.29, 0.717) is 22.6 Å². The average Bonchev–Trinajstić information content (AvgIpc) is 2.67. The number of aliphatic hydroxyl groups excluding tert-OH is 4. The normalized spacial score (nSPS) is 28.5. The van der Waals surface area contributed by atoms with Gasteiger partial charge in [-0.15, -0.1) is 0 Å². The highest BCUT2D eigenvalue weighted by atomic mass is 16.6. The van der Waals surface area contributed by atoms with Gasteiger partial charge in [0.2, 0.25) is 5.43 Å².